The second kappa shape index (κ2) is 7.00. The Balaban J connectivity index is 1.65. The van der Waals surface area contributed by atoms with Crippen molar-refractivity contribution in [1.29, 1.82) is 0 Å². The summed E-state index contributed by atoms with van der Waals surface area (Å²) in [4.78, 5) is 10.7. The summed E-state index contributed by atoms with van der Waals surface area (Å²) >= 11 is 7.90. The summed E-state index contributed by atoms with van der Waals surface area (Å²) in [7, 11) is 0. The zero-order valence-electron chi connectivity index (χ0n) is 15.0. The van der Waals surface area contributed by atoms with Crippen LogP contribution in [0.1, 0.15) is 60.5 Å². The monoisotopic (exact) mass is 388 g/mol. The lowest BCUT2D eigenvalue weighted by atomic mass is 9.94. The van der Waals surface area contributed by atoms with E-state index in [1.807, 2.05) is 19.2 Å². The second-order valence-electron chi connectivity index (χ2n) is 7.00. The van der Waals surface area contributed by atoms with Gasteiger partial charge in [-0.2, -0.15) is 0 Å². The standard InChI is InChI=1S/C19H21ClN4OS/c1-10(2)18-13(15-7-11(3)24-25-15)9-21-19(23-18)22-14-5-4-6-16-12(14)8-17(20)26-16/h7-10,14H,4-6H2,1-3H3,(H,21,22,23). The molecule has 3 aromatic heterocycles. The summed E-state index contributed by atoms with van der Waals surface area (Å²) in [5.74, 6) is 1.60. The number of rotatable bonds is 4. The highest BCUT2D eigenvalue weighted by atomic mass is 35.5. The highest BCUT2D eigenvalue weighted by molar-refractivity contribution is 7.16. The number of aromatic nitrogens is 3. The van der Waals surface area contributed by atoms with Crippen LogP contribution in [0.15, 0.2) is 22.9 Å². The van der Waals surface area contributed by atoms with Gasteiger partial charge in [-0.15, -0.1) is 11.3 Å². The van der Waals surface area contributed by atoms with E-state index in [9.17, 15) is 0 Å². The predicted octanol–water partition coefficient (Wildman–Crippen LogP) is 5.77. The Morgan fingerprint density at radius 1 is 1.35 bits per heavy atom. The van der Waals surface area contributed by atoms with Crippen LogP contribution in [0.25, 0.3) is 11.3 Å². The van der Waals surface area contributed by atoms with E-state index in [2.05, 4.69) is 35.4 Å². The molecule has 26 heavy (non-hydrogen) atoms. The minimum atomic E-state index is 0.209. The van der Waals surface area contributed by atoms with Crippen LogP contribution >= 0.6 is 22.9 Å². The zero-order valence-corrected chi connectivity index (χ0v) is 16.6. The van der Waals surface area contributed by atoms with Crippen molar-refractivity contribution >= 4 is 28.9 Å². The summed E-state index contributed by atoms with van der Waals surface area (Å²) < 4.78 is 6.27. The molecule has 0 aromatic carbocycles. The maximum atomic E-state index is 6.22. The number of aryl methyl sites for hydroxylation is 2. The van der Waals surface area contributed by atoms with E-state index in [1.54, 1.807) is 11.3 Å². The highest BCUT2D eigenvalue weighted by Gasteiger charge is 2.24. The molecule has 4 rings (SSSR count). The van der Waals surface area contributed by atoms with Crippen molar-refractivity contribution in [1.82, 2.24) is 15.1 Å². The Hall–Kier alpha value is -1.92. The number of fused-ring (bicyclic) bond motifs is 1. The molecule has 1 aliphatic carbocycles. The van der Waals surface area contributed by atoms with Crippen LogP contribution in [0.3, 0.4) is 0 Å². The quantitative estimate of drug-likeness (QED) is 0.614. The molecular weight excluding hydrogens is 368 g/mol. The molecule has 1 N–H and O–H groups in total. The van der Waals surface area contributed by atoms with Crippen molar-refractivity contribution in [3.63, 3.8) is 0 Å². The molecule has 3 heterocycles. The van der Waals surface area contributed by atoms with Gasteiger partial charge in [0.2, 0.25) is 5.95 Å². The fourth-order valence-corrected chi connectivity index (χ4v) is 4.80. The normalized spacial score (nSPS) is 16.7. The SMILES string of the molecule is Cc1cc(-c2cnc(NC3CCCc4sc(Cl)cc43)nc2C(C)C)on1. The van der Waals surface area contributed by atoms with E-state index in [0.29, 0.717) is 11.7 Å². The molecule has 0 radical (unpaired) electrons. The average Bonchev–Trinajstić information content (AvgIpc) is 3.20. The molecule has 0 bridgehead atoms. The third-order valence-electron chi connectivity index (χ3n) is 4.65. The summed E-state index contributed by atoms with van der Waals surface area (Å²) in [6.45, 7) is 6.15. The van der Waals surface area contributed by atoms with Gasteiger partial charge in [-0.3, -0.25) is 0 Å². The molecule has 1 atom stereocenters. The molecule has 0 amide bonds. The van der Waals surface area contributed by atoms with Gasteiger partial charge in [-0.25, -0.2) is 9.97 Å². The topological polar surface area (TPSA) is 63.8 Å². The zero-order chi connectivity index (χ0) is 18.3. The van der Waals surface area contributed by atoms with Crippen molar-refractivity contribution in [3.05, 3.63) is 44.5 Å². The molecular formula is C19H21ClN4OS. The van der Waals surface area contributed by atoms with Crippen LogP contribution < -0.4 is 5.32 Å². The predicted molar refractivity (Wildman–Crippen MR) is 105 cm³/mol. The first-order valence-corrected chi connectivity index (χ1v) is 10.1. The summed E-state index contributed by atoms with van der Waals surface area (Å²) in [6.07, 6.45) is 5.14. The van der Waals surface area contributed by atoms with Crippen molar-refractivity contribution in [3.8, 4) is 11.3 Å². The highest BCUT2D eigenvalue weighted by Crippen LogP contribution is 2.39. The van der Waals surface area contributed by atoms with Gasteiger partial charge in [0.15, 0.2) is 5.76 Å². The Bertz CT molecular complexity index is 934. The van der Waals surface area contributed by atoms with Crippen molar-refractivity contribution < 1.29 is 4.52 Å². The lowest BCUT2D eigenvalue weighted by Crippen LogP contribution is -2.17. The van der Waals surface area contributed by atoms with Gasteiger partial charge < -0.3 is 9.84 Å². The van der Waals surface area contributed by atoms with Gasteiger partial charge in [0.05, 0.1) is 27.3 Å². The van der Waals surface area contributed by atoms with E-state index in [0.717, 1.165) is 40.6 Å². The molecule has 5 nitrogen and oxygen atoms in total. The number of nitrogens with one attached hydrogen (secondary N) is 1. The molecule has 1 unspecified atom stereocenters. The van der Waals surface area contributed by atoms with E-state index in [1.165, 1.54) is 10.4 Å². The molecule has 0 saturated heterocycles. The first kappa shape index (κ1) is 17.5. The van der Waals surface area contributed by atoms with Crippen LogP contribution in [0.5, 0.6) is 0 Å². The molecule has 7 heteroatoms. The largest absolute Gasteiger partial charge is 0.356 e. The maximum absolute atomic E-state index is 6.22. The molecule has 1 aliphatic rings. The lowest BCUT2D eigenvalue weighted by molar-refractivity contribution is 0.426. The first-order valence-electron chi connectivity index (χ1n) is 8.86. The van der Waals surface area contributed by atoms with Gasteiger partial charge in [0.25, 0.3) is 0 Å². The lowest BCUT2D eigenvalue weighted by Gasteiger charge is -2.24. The van der Waals surface area contributed by atoms with Crippen molar-refractivity contribution in [2.45, 2.75) is 52.0 Å². The van der Waals surface area contributed by atoms with Crippen LogP contribution in [0, 0.1) is 6.92 Å². The second-order valence-corrected chi connectivity index (χ2v) is 8.77. The average molecular weight is 389 g/mol. The Morgan fingerprint density at radius 3 is 2.92 bits per heavy atom. The van der Waals surface area contributed by atoms with Crippen LogP contribution in [0.4, 0.5) is 5.95 Å². The fourth-order valence-electron chi connectivity index (χ4n) is 3.41. The minimum absolute atomic E-state index is 0.209. The smallest absolute Gasteiger partial charge is 0.223 e. The molecule has 0 spiro atoms. The van der Waals surface area contributed by atoms with E-state index in [-0.39, 0.29) is 12.0 Å². The number of thiophene rings is 1. The van der Waals surface area contributed by atoms with Gasteiger partial charge in [-0.1, -0.05) is 30.6 Å². The molecule has 0 aliphatic heterocycles. The van der Waals surface area contributed by atoms with Crippen LogP contribution in [-0.2, 0) is 6.42 Å². The minimum Gasteiger partial charge on any atom is -0.356 e. The number of anilines is 1. The van der Waals surface area contributed by atoms with Gasteiger partial charge in [0, 0.05) is 17.1 Å². The first-order chi connectivity index (χ1) is 12.5. The Morgan fingerprint density at radius 2 is 2.19 bits per heavy atom. The summed E-state index contributed by atoms with van der Waals surface area (Å²) in [5.41, 5.74) is 3.99. The summed E-state index contributed by atoms with van der Waals surface area (Å²) in [5, 5.41) is 7.49. The van der Waals surface area contributed by atoms with Crippen LogP contribution in [0.2, 0.25) is 4.34 Å². The van der Waals surface area contributed by atoms with Crippen LogP contribution in [-0.4, -0.2) is 15.1 Å². The third-order valence-corrected chi connectivity index (χ3v) is 5.99. The van der Waals surface area contributed by atoms with E-state index < -0.39 is 0 Å². The van der Waals surface area contributed by atoms with E-state index >= 15 is 0 Å². The Kier molecular flexibility index (Phi) is 4.71. The van der Waals surface area contributed by atoms with Gasteiger partial charge in [0.1, 0.15) is 0 Å². The van der Waals surface area contributed by atoms with Crippen molar-refractivity contribution in [2.24, 2.45) is 0 Å². The number of hydrogen-bond donors (Lipinski definition) is 1. The molecule has 3 aromatic rings. The molecule has 0 saturated carbocycles. The van der Waals surface area contributed by atoms with E-state index in [4.69, 9.17) is 21.1 Å². The fraction of sp³-hybridized carbons (Fsp3) is 0.421. The van der Waals surface area contributed by atoms with Gasteiger partial charge in [-0.05, 0) is 43.7 Å². The summed E-state index contributed by atoms with van der Waals surface area (Å²) in [6, 6.07) is 4.20. The molecule has 136 valence electrons. The number of halogens is 1. The molecule has 0 fully saturated rings. The Labute approximate surface area is 161 Å². The third kappa shape index (κ3) is 3.35. The number of nitrogens with zero attached hydrogens (tertiary/aromatic N) is 3. The van der Waals surface area contributed by atoms with Gasteiger partial charge >= 0.3 is 0 Å². The maximum Gasteiger partial charge on any atom is 0.223 e. The number of hydrogen-bond acceptors (Lipinski definition) is 6. The van der Waals surface area contributed by atoms with Crippen molar-refractivity contribution in [2.75, 3.05) is 5.32 Å².